The standard InChI is InChI=1S/C16H28O4/c1-4-5-6-8-15(13(2)20-14(3)17)9-7-10-16(15)18-11-12-19-16/h13H,4-12H2,1-3H3. The highest BCUT2D eigenvalue weighted by Gasteiger charge is 2.62. The lowest BCUT2D eigenvalue weighted by Gasteiger charge is -2.45. The summed E-state index contributed by atoms with van der Waals surface area (Å²) in [5, 5.41) is 0. The van der Waals surface area contributed by atoms with Gasteiger partial charge < -0.3 is 14.2 Å². The molecule has 4 nitrogen and oxygen atoms in total. The van der Waals surface area contributed by atoms with Crippen LogP contribution in [0.4, 0.5) is 0 Å². The van der Waals surface area contributed by atoms with E-state index in [1.165, 1.54) is 19.8 Å². The normalized spacial score (nSPS) is 29.8. The maximum Gasteiger partial charge on any atom is 0.302 e. The van der Waals surface area contributed by atoms with Crippen LogP contribution < -0.4 is 0 Å². The second-order valence-corrected chi connectivity index (χ2v) is 6.17. The monoisotopic (exact) mass is 284 g/mol. The van der Waals surface area contributed by atoms with E-state index >= 15 is 0 Å². The Hall–Kier alpha value is -0.610. The van der Waals surface area contributed by atoms with Crippen molar-refractivity contribution in [3.63, 3.8) is 0 Å². The molecule has 0 aromatic heterocycles. The van der Waals surface area contributed by atoms with Crippen molar-refractivity contribution >= 4 is 5.97 Å². The van der Waals surface area contributed by atoms with E-state index in [0.29, 0.717) is 13.2 Å². The fourth-order valence-electron chi connectivity index (χ4n) is 4.05. The molecule has 20 heavy (non-hydrogen) atoms. The predicted octanol–water partition coefficient (Wildman–Crippen LogP) is 3.43. The second kappa shape index (κ2) is 6.44. The summed E-state index contributed by atoms with van der Waals surface area (Å²) in [7, 11) is 0. The molecule has 1 saturated heterocycles. The summed E-state index contributed by atoms with van der Waals surface area (Å²) in [5.74, 6) is -0.734. The molecule has 2 unspecified atom stereocenters. The van der Waals surface area contributed by atoms with E-state index in [9.17, 15) is 4.79 Å². The van der Waals surface area contributed by atoms with E-state index in [1.807, 2.05) is 6.92 Å². The van der Waals surface area contributed by atoms with Crippen molar-refractivity contribution in [3.05, 3.63) is 0 Å². The molecule has 0 amide bonds. The zero-order chi connectivity index (χ0) is 14.6. The Labute approximate surface area is 122 Å². The number of esters is 1. The van der Waals surface area contributed by atoms with Gasteiger partial charge in [0.15, 0.2) is 5.79 Å². The first-order valence-corrected chi connectivity index (χ1v) is 8.01. The lowest BCUT2D eigenvalue weighted by molar-refractivity contribution is -0.252. The maximum absolute atomic E-state index is 11.4. The fourth-order valence-corrected chi connectivity index (χ4v) is 4.05. The topological polar surface area (TPSA) is 44.8 Å². The zero-order valence-electron chi connectivity index (χ0n) is 13.1. The summed E-state index contributed by atoms with van der Waals surface area (Å²) >= 11 is 0. The molecular formula is C16H28O4. The van der Waals surface area contributed by atoms with Gasteiger partial charge in [0.2, 0.25) is 0 Å². The van der Waals surface area contributed by atoms with Crippen molar-refractivity contribution in [1.82, 2.24) is 0 Å². The third-order valence-electron chi connectivity index (χ3n) is 4.99. The second-order valence-electron chi connectivity index (χ2n) is 6.17. The van der Waals surface area contributed by atoms with Gasteiger partial charge in [0.25, 0.3) is 0 Å². The van der Waals surface area contributed by atoms with Crippen LogP contribution in [0.5, 0.6) is 0 Å². The third kappa shape index (κ3) is 2.73. The molecule has 1 saturated carbocycles. The maximum atomic E-state index is 11.4. The van der Waals surface area contributed by atoms with Gasteiger partial charge in [0.05, 0.1) is 18.6 Å². The van der Waals surface area contributed by atoms with Crippen LogP contribution in [0, 0.1) is 5.41 Å². The van der Waals surface area contributed by atoms with E-state index in [-0.39, 0.29) is 17.5 Å². The highest BCUT2D eigenvalue weighted by atomic mass is 16.7. The van der Waals surface area contributed by atoms with Gasteiger partial charge in [-0.15, -0.1) is 0 Å². The SMILES string of the molecule is CCCCCC1(C(C)OC(C)=O)CCCC12OCCO2. The molecule has 0 aromatic carbocycles. The average molecular weight is 284 g/mol. The lowest BCUT2D eigenvalue weighted by atomic mass is 9.72. The molecule has 0 aromatic rings. The van der Waals surface area contributed by atoms with Crippen molar-refractivity contribution in [2.75, 3.05) is 13.2 Å². The Morgan fingerprint density at radius 3 is 2.55 bits per heavy atom. The highest BCUT2D eigenvalue weighted by molar-refractivity contribution is 5.66. The van der Waals surface area contributed by atoms with Gasteiger partial charge in [0, 0.05) is 13.3 Å². The molecule has 116 valence electrons. The summed E-state index contributed by atoms with van der Waals surface area (Å²) < 4.78 is 17.6. The Balaban J connectivity index is 2.20. The van der Waals surface area contributed by atoms with Gasteiger partial charge in [-0.1, -0.05) is 26.2 Å². The summed E-state index contributed by atoms with van der Waals surface area (Å²) in [6, 6.07) is 0. The number of hydrogen-bond acceptors (Lipinski definition) is 4. The number of carbonyl (C=O) groups is 1. The van der Waals surface area contributed by atoms with Crippen LogP contribution in [-0.2, 0) is 19.0 Å². The number of rotatable bonds is 6. The van der Waals surface area contributed by atoms with Crippen LogP contribution in [0.25, 0.3) is 0 Å². The van der Waals surface area contributed by atoms with Gasteiger partial charge in [0.1, 0.15) is 6.10 Å². The van der Waals surface area contributed by atoms with Crippen LogP contribution in [0.15, 0.2) is 0 Å². The average Bonchev–Trinajstić information content (AvgIpc) is 2.99. The molecule has 1 spiro atoms. The zero-order valence-corrected chi connectivity index (χ0v) is 13.1. The van der Waals surface area contributed by atoms with Gasteiger partial charge in [-0.25, -0.2) is 0 Å². The molecule has 0 radical (unpaired) electrons. The smallest absolute Gasteiger partial charge is 0.302 e. The van der Waals surface area contributed by atoms with E-state index in [2.05, 4.69) is 6.92 Å². The summed E-state index contributed by atoms with van der Waals surface area (Å²) in [4.78, 5) is 11.4. The minimum Gasteiger partial charge on any atom is -0.462 e. The molecule has 1 aliphatic carbocycles. The third-order valence-corrected chi connectivity index (χ3v) is 4.99. The Morgan fingerprint density at radius 2 is 1.95 bits per heavy atom. The van der Waals surface area contributed by atoms with E-state index in [4.69, 9.17) is 14.2 Å². The number of ether oxygens (including phenoxy) is 3. The molecule has 2 aliphatic rings. The molecule has 0 bridgehead atoms. The number of carbonyl (C=O) groups excluding carboxylic acids is 1. The van der Waals surface area contributed by atoms with Crippen molar-refractivity contribution in [2.24, 2.45) is 5.41 Å². The van der Waals surface area contributed by atoms with Crippen LogP contribution in [-0.4, -0.2) is 31.1 Å². The Bertz CT molecular complexity index is 330. The van der Waals surface area contributed by atoms with Gasteiger partial charge >= 0.3 is 5.97 Å². The molecule has 2 rings (SSSR count). The van der Waals surface area contributed by atoms with Crippen molar-refractivity contribution in [2.45, 2.75) is 77.6 Å². The van der Waals surface area contributed by atoms with Crippen molar-refractivity contribution in [3.8, 4) is 0 Å². The first-order chi connectivity index (χ1) is 9.56. The summed E-state index contributed by atoms with van der Waals surface area (Å²) in [5.41, 5.74) is -0.176. The minimum absolute atomic E-state index is 0.155. The lowest BCUT2D eigenvalue weighted by Crippen LogP contribution is -2.52. The van der Waals surface area contributed by atoms with Crippen LogP contribution >= 0.6 is 0 Å². The van der Waals surface area contributed by atoms with Gasteiger partial charge in [-0.2, -0.15) is 0 Å². The largest absolute Gasteiger partial charge is 0.462 e. The molecule has 0 N–H and O–H groups in total. The summed E-state index contributed by atoms with van der Waals surface area (Å²) in [6.45, 7) is 7.00. The van der Waals surface area contributed by atoms with E-state index < -0.39 is 5.79 Å². The molecular weight excluding hydrogens is 256 g/mol. The molecule has 2 atom stereocenters. The molecule has 2 fully saturated rings. The Kier molecular flexibility index (Phi) is 5.08. The highest BCUT2D eigenvalue weighted by Crippen LogP contribution is 2.57. The quantitative estimate of drug-likeness (QED) is 0.553. The predicted molar refractivity (Wildman–Crippen MR) is 76.3 cm³/mol. The van der Waals surface area contributed by atoms with Crippen LogP contribution in [0.2, 0.25) is 0 Å². The van der Waals surface area contributed by atoms with Crippen LogP contribution in [0.1, 0.15) is 65.7 Å². The minimum atomic E-state index is -0.518. The van der Waals surface area contributed by atoms with Crippen molar-refractivity contribution < 1.29 is 19.0 Å². The van der Waals surface area contributed by atoms with Gasteiger partial charge in [-0.05, 0) is 26.2 Å². The number of unbranched alkanes of at least 4 members (excludes halogenated alkanes) is 2. The van der Waals surface area contributed by atoms with Crippen molar-refractivity contribution in [1.29, 1.82) is 0 Å². The summed E-state index contributed by atoms with van der Waals surface area (Å²) in [6.07, 6.45) is 7.40. The molecule has 1 heterocycles. The number of hydrogen-bond donors (Lipinski definition) is 0. The van der Waals surface area contributed by atoms with Gasteiger partial charge in [-0.3, -0.25) is 4.79 Å². The Morgan fingerprint density at radius 1 is 1.25 bits per heavy atom. The molecule has 4 heteroatoms. The fraction of sp³-hybridized carbons (Fsp3) is 0.938. The van der Waals surface area contributed by atoms with Crippen LogP contribution in [0.3, 0.4) is 0 Å². The van der Waals surface area contributed by atoms with E-state index in [0.717, 1.165) is 32.1 Å². The molecule has 1 aliphatic heterocycles. The van der Waals surface area contributed by atoms with E-state index in [1.54, 1.807) is 0 Å². The first-order valence-electron chi connectivity index (χ1n) is 8.01. The first kappa shape index (κ1) is 15.8.